The quantitative estimate of drug-likeness (QED) is 0.712. The lowest BCUT2D eigenvalue weighted by atomic mass is 10.1. The zero-order valence-electron chi connectivity index (χ0n) is 8.50. The molecule has 0 aliphatic heterocycles. The third kappa shape index (κ3) is 2.18. The van der Waals surface area contributed by atoms with E-state index in [4.69, 9.17) is 4.42 Å². The van der Waals surface area contributed by atoms with Crippen molar-refractivity contribution >= 4 is 5.78 Å². The van der Waals surface area contributed by atoms with Gasteiger partial charge in [0.2, 0.25) is 0 Å². The molecule has 1 heterocycles. The normalized spacial score (nSPS) is 13.3. The van der Waals surface area contributed by atoms with Crippen LogP contribution in [-0.2, 0) is 4.79 Å². The first-order valence-electron chi connectivity index (χ1n) is 4.25. The van der Waals surface area contributed by atoms with Gasteiger partial charge in [0.25, 0.3) is 0 Å². The Hall–Kier alpha value is -1.09. The van der Waals surface area contributed by atoms with Crippen molar-refractivity contribution in [2.75, 3.05) is 14.1 Å². The van der Waals surface area contributed by atoms with Crippen LogP contribution in [0.25, 0.3) is 0 Å². The van der Waals surface area contributed by atoms with E-state index < -0.39 is 0 Å². The van der Waals surface area contributed by atoms with Crippen molar-refractivity contribution in [3.63, 3.8) is 0 Å². The molecule has 0 aliphatic carbocycles. The summed E-state index contributed by atoms with van der Waals surface area (Å²) in [5, 5.41) is 0. The van der Waals surface area contributed by atoms with Crippen molar-refractivity contribution in [1.29, 1.82) is 0 Å². The molecule has 1 atom stereocenters. The van der Waals surface area contributed by atoms with Gasteiger partial charge in [-0.15, -0.1) is 0 Å². The summed E-state index contributed by atoms with van der Waals surface area (Å²) in [6.45, 7) is 3.44. The van der Waals surface area contributed by atoms with Crippen LogP contribution in [0.5, 0.6) is 0 Å². The highest BCUT2D eigenvalue weighted by atomic mass is 16.3. The molecule has 1 rings (SSSR count). The van der Waals surface area contributed by atoms with Crippen LogP contribution >= 0.6 is 0 Å². The summed E-state index contributed by atoms with van der Waals surface area (Å²) in [7, 11) is 3.73. The molecular weight excluding hydrogens is 166 g/mol. The lowest BCUT2D eigenvalue weighted by Gasteiger charge is -2.18. The van der Waals surface area contributed by atoms with Crippen LogP contribution in [0.4, 0.5) is 0 Å². The maximum absolute atomic E-state index is 11.3. The van der Waals surface area contributed by atoms with Gasteiger partial charge in [-0.05, 0) is 40.1 Å². The van der Waals surface area contributed by atoms with Crippen LogP contribution in [-0.4, -0.2) is 24.8 Å². The van der Waals surface area contributed by atoms with E-state index in [0.717, 1.165) is 11.5 Å². The molecule has 3 heteroatoms. The second-order valence-corrected chi connectivity index (χ2v) is 3.43. The molecule has 72 valence electrons. The fraction of sp³-hybridized carbons (Fsp3) is 0.500. The minimum absolute atomic E-state index is 0.0966. The van der Waals surface area contributed by atoms with Gasteiger partial charge >= 0.3 is 0 Å². The molecule has 0 aliphatic rings. The monoisotopic (exact) mass is 181 g/mol. The van der Waals surface area contributed by atoms with Crippen LogP contribution < -0.4 is 0 Å². The zero-order valence-corrected chi connectivity index (χ0v) is 8.50. The molecule has 1 aromatic heterocycles. The Morgan fingerprint density at radius 1 is 1.46 bits per heavy atom. The Morgan fingerprint density at radius 3 is 2.38 bits per heavy atom. The lowest BCUT2D eigenvalue weighted by Crippen LogP contribution is -2.25. The topological polar surface area (TPSA) is 33.5 Å². The summed E-state index contributed by atoms with van der Waals surface area (Å²) >= 11 is 0. The van der Waals surface area contributed by atoms with E-state index >= 15 is 0 Å². The van der Waals surface area contributed by atoms with Gasteiger partial charge in [0.15, 0.2) is 5.78 Å². The van der Waals surface area contributed by atoms with Crippen LogP contribution in [0.3, 0.4) is 0 Å². The number of hydrogen-bond acceptors (Lipinski definition) is 3. The van der Waals surface area contributed by atoms with Crippen molar-refractivity contribution in [3.8, 4) is 0 Å². The highest BCUT2D eigenvalue weighted by molar-refractivity contribution is 5.82. The summed E-state index contributed by atoms with van der Waals surface area (Å²) in [5.74, 6) is 1.65. The van der Waals surface area contributed by atoms with E-state index in [9.17, 15) is 4.79 Å². The first-order valence-corrected chi connectivity index (χ1v) is 4.25. The number of nitrogens with zero attached hydrogens (tertiary/aromatic N) is 1. The van der Waals surface area contributed by atoms with Crippen molar-refractivity contribution in [2.24, 2.45) is 0 Å². The Bertz CT molecular complexity index is 302. The molecule has 0 spiro atoms. The van der Waals surface area contributed by atoms with E-state index in [1.54, 1.807) is 6.92 Å². The third-order valence-electron chi connectivity index (χ3n) is 1.93. The molecule has 0 saturated heterocycles. The molecule has 0 amide bonds. The maximum atomic E-state index is 11.3. The fourth-order valence-corrected chi connectivity index (χ4v) is 1.42. The molecule has 0 aromatic carbocycles. The van der Waals surface area contributed by atoms with E-state index in [0.29, 0.717) is 0 Å². The number of carbonyl (C=O) groups is 1. The van der Waals surface area contributed by atoms with Crippen molar-refractivity contribution in [3.05, 3.63) is 23.7 Å². The first kappa shape index (κ1) is 9.99. The zero-order chi connectivity index (χ0) is 10.0. The molecule has 1 aromatic rings. The van der Waals surface area contributed by atoms with Gasteiger partial charge in [-0.1, -0.05) is 0 Å². The first-order chi connectivity index (χ1) is 6.02. The van der Waals surface area contributed by atoms with Crippen molar-refractivity contribution < 1.29 is 9.21 Å². The van der Waals surface area contributed by atoms with Gasteiger partial charge in [-0.2, -0.15) is 0 Å². The molecule has 13 heavy (non-hydrogen) atoms. The Kier molecular flexibility index (Phi) is 2.88. The number of Topliss-reactive ketones (excluding diaryl/α,β-unsaturated/α-hetero) is 1. The van der Waals surface area contributed by atoms with Gasteiger partial charge in [-0.3, -0.25) is 9.69 Å². The molecule has 1 unspecified atom stereocenters. The van der Waals surface area contributed by atoms with E-state index in [-0.39, 0.29) is 11.8 Å². The SMILES string of the molecule is CC(=O)C(c1ccc(C)o1)N(C)C. The Balaban J connectivity index is 2.95. The van der Waals surface area contributed by atoms with E-state index in [1.807, 2.05) is 38.1 Å². The van der Waals surface area contributed by atoms with Crippen molar-refractivity contribution in [2.45, 2.75) is 19.9 Å². The summed E-state index contributed by atoms with van der Waals surface area (Å²) in [4.78, 5) is 13.1. The minimum Gasteiger partial charge on any atom is -0.464 e. The number of rotatable bonds is 3. The summed E-state index contributed by atoms with van der Waals surface area (Å²) < 4.78 is 5.41. The second-order valence-electron chi connectivity index (χ2n) is 3.43. The van der Waals surface area contributed by atoms with Gasteiger partial charge in [0.1, 0.15) is 17.6 Å². The van der Waals surface area contributed by atoms with Crippen LogP contribution in [0.2, 0.25) is 0 Å². The number of aryl methyl sites for hydroxylation is 1. The van der Waals surface area contributed by atoms with E-state index in [2.05, 4.69) is 0 Å². The maximum Gasteiger partial charge on any atom is 0.154 e. The Morgan fingerprint density at radius 2 is 2.08 bits per heavy atom. The number of ketones is 1. The number of likely N-dealkylation sites (N-methyl/N-ethyl adjacent to an activating group) is 1. The second kappa shape index (κ2) is 3.75. The summed E-state index contributed by atoms with van der Waals surface area (Å²) in [6.07, 6.45) is 0. The number of furan rings is 1. The van der Waals surface area contributed by atoms with Gasteiger partial charge in [-0.25, -0.2) is 0 Å². The predicted molar refractivity (Wildman–Crippen MR) is 50.6 cm³/mol. The van der Waals surface area contributed by atoms with Crippen LogP contribution in [0, 0.1) is 6.92 Å². The highest BCUT2D eigenvalue weighted by Gasteiger charge is 2.21. The molecule has 0 N–H and O–H groups in total. The minimum atomic E-state index is -0.256. The predicted octanol–water partition coefficient (Wildman–Crippen LogP) is 1.78. The van der Waals surface area contributed by atoms with Crippen molar-refractivity contribution in [1.82, 2.24) is 4.90 Å². The third-order valence-corrected chi connectivity index (χ3v) is 1.93. The van der Waals surface area contributed by atoms with Gasteiger partial charge in [0.05, 0.1) is 0 Å². The summed E-state index contributed by atoms with van der Waals surface area (Å²) in [5.41, 5.74) is 0. The molecule has 0 bridgehead atoms. The molecule has 0 radical (unpaired) electrons. The smallest absolute Gasteiger partial charge is 0.154 e. The van der Waals surface area contributed by atoms with E-state index in [1.165, 1.54) is 0 Å². The average Bonchev–Trinajstić information content (AvgIpc) is 2.34. The van der Waals surface area contributed by atoms with Crippen LogP contribution in [0.1, 0.15) is 24.5 Å². The highest BCUT2D eigenvalue weighted by Crippen LogP contribution is 2.21. The molecular formula is C10H15NO2. The average molecular weight is 181 g/mol. The lowest BCUT2D eigenvalue weighted by molar-refractivity contribution is -0.122. The standard InChI is InChI=1S/C10H15NO2/c1-7-5-6-9(13-7)10(8(2)12)11(3)4/h5-6,10H,1-4H3. The molecule has 0 saturated carbocycles. The van der Waals surface area contributed by atoms with Gasteiger partial charge < -0.3 is 4.42 Å². The largest absolute Gasteiger partial charge is 0.464 e. The number of carbonyl (C=O) groups excluding carboxylic acids is 1. The fourth-order valence-electron chi connectivity index (χ4n) is 1.42. The number of hydrogen-bond donors (Lipinski definition) is 0. The molecule has 3 nitrogen and oxygen atoms in total. The van der Waals surface area contributed by atoms with Crippen LogP contribution in [0.15, 0.2) is 16.5 Å². The van der Waals surface area contributed by atoms with Gasteiger partial charge in [0, 0.05) is 0 Å². The Labute approximate surface area is 78.3 Å². The summed E-state index contributed by atoms with van der Waals surface area (Å²) in [6, 6.07) is 3.46. The molecule has 0 fully saturated rings.